The number of carboxylic acid groups (broad SMARTS) is 1. The van der Waals surface area contributed by atoms with Crippen molar-refractivity contribution >= 4 is 18.2 Å². The molecule has 0 bridgehead atoms. The molecule has 0 amide bonds. The Kier molecular flexibility index (Phi) is 11.0. The van der Waals surface area contributed by atoms with Gasteiger partial charge in [0, 0.05) is 0 Å². The van der Waals surface area contributed by atoms with Gasteiger partial charge >= 0.3 is 11.9 Å². The van der Waals surface area contributed by atoms with Crippen molar-refractivity contribution in [3.05, 3.63) is 12.7 Å². The maximum Gasteiger partial charge on any atom is 0.371 e. The minimum absolute atomic E-state index is 0.0948. The molecule has 0 aliphatic heterocycles. The van der Waals surface area contributed by atoms with Crippen LogP contribution in [-0.2, 0) is 19.1 Å². The summed E-state index contributed by atoms with van der Waals surface area (Å²) in [6, 6.07) is 0. The summed E-state index contributed by atoms with van der Waals surface area (Å²) in [7, 11) is 0. The zero-order valence-electron chi connectivity index (χ0n) is 6.80. The maximum atomic E-state index is 9.93. The molecule has 0 saturated heterocycles. The third-order valence-electron chi connectivity index (χ3n) is 0.575. The molecule has 0 spiro atoms. The highest BCUT2D eigenvalue weighted by atomic mass is 16.5. The SMILES string of the molecule is C=CCOC(=O)C=O.O=C(O)CO. The number of ether oxygens (including phenoxy) is 1. The maximum absolute atomic E-state index is 9.93. The molecule has 0 aromatic rings. The number of carboxylic acids is 1. The van der Waals surface area contributed by atoms with E-state index in [1.165, 1.54) is 6.08 Å². The monoisotopic (exact) mass is 190 g/mol. The summed E-state index contributed by atoms with van der Waals surface area (Å²) in [6.07, 6.45) is 1.50. The zero-order chi connectivity index (χ0) is 10.7. The lowest BCUT2D eigenvalue weighted by Crippen LogP contribution is -2.04. The van der Waals surface area contributed by atoms with Gasteiger partial charge in [-0.2, -0.15) is 0 Å². The Bertz CT molecular complexity index is 185. The summed E-state index contributed by atoms with van der Waals surface area (Å²) < 4.78 is 4.22. The van der Waals surface area contributed by atoms with E-state index in [-0.39, 0.29) is 12.9 Å². The molecule has 6 nitrogen and oxygen atoms in total. The Balaban J connectivity index is 0. The average Bonchev–Trinajstić information content (AvgIpc) is 2.15. The molecule has 0 rings (SSSR count). The molecule has 0 aliphatic carbocycles. The third-order valence-corrected chi connectivity index (χ3v) is 0.575. The quantitative estimate of drug-likeness (QED) is 0.254. The number of aliphatic hydroxyl groups is 1. The average molecular weight is 190 g/mol. The van der Waals surface area contributed by atoms with Crippen LogP contribution in [0.1, 0.15) is 0 Å². The van der Waals surface area contributed by atoms with E-state index >= 15 is 0 Å². The molecular formula is C7H10O6. The molecule has 0 atom stereocenters. The van der Waals surface area contributed by atoms with Crippen LogP contribution in [0.4, 0.5) is 0 Å². The fourth-order valence-electron chi connectivity index (χ4n) is 0.175. The highest BCUT2D eigenvalue weighted by Gasteiger charge is 1.92. The standard InChI is InChI=1S/C5H6O3.C2H4O3/c1-2-3-8-5(7)4-6;3-1-2(4)5/h2,4H,1,3H2;3H,1H2,(H,4,5). The van der Waals surface area contributed by atoms with Crippen LogP contribution in [0.3, 0.4) is 0 Å². The van der Waals surface area contributed by atoms with Crippen molar-refractivity contribution in [2.45, 2.75) is 0 Å². The molecule has 0 aromatic heterocycles. The normalized spacial score (nSPS) is 7.46. The predicted molar refractivity (Wildman–Crippen MR) is 41.9 cm³/mol. The number of esters is 1. The summed E-state index contributed by atoms with van der Waals surface area (Å²) in [5, 5.41) is 15.0. The Morgan fingerprint density at radius 1 is 1.46 bits per heavy atom. The van der Waals surface area contributed by atoms with Crippen molar-refractivity contribution in [2.75, 3.05) is 13.2 Å². The summed E-state index contributed by atoms with van der Waals surface area (Å²) in [5.41, 5.74) is 0. The van der Waals surface area contributed by atoms with Gasteiger partial charge in [0.1, 0.15) is 13.2 Å². The summed E-state index contributed by atoms with van der Waals surface area (Å²) in [5.74, 6) is -2.05. The molecule has 0 unspecified atom stereocenters. The number of carbonyl (C=O) groups is 3. The van der Waals surface area contributed by atoms with Gasteiger partial charge < -0.3 is 14.9 Å². The number of hydrogen-bond acceptors (Lipinski definition) is 5. The molecule has 13 heavy (non-hydrogen) atoms. The predicted octanol–water partition coefficient (Wildman–Crippen LogP) is -1.02. The lowest BCUT2D eigenvalue weighted by molar-refractivity contribution is -0.147. The van der Waals surface area contributed by atoms with E-state index in [1.54, 1.807) is 0 Å². The fourth-order valence-corrected chi connectivity index (χ4v) is 0.175. The molecule has 0 heterocycles. The minimum atomic E-state index is -1.19. The molecular weight excluding hydrogens is 180 g/mol. The summed E-state index contributed by atoms with van der Waals surface area (Å²) >= 11 is 0. The fraction of sp³-hybridized carbons (Fsp3) is 0.286. The number of rotatable bonds is 4. The first-order chi connectivity index (χ1) is 6.08. The van der Waals surface area contributed by atoms with Gasteiger partial charge in [-0.3, -0.25) is 4.79 Å². The van der Waals surface area contributed by atoms with Crippen molar-refractivity contribution in [1.82, 2.24) is 0 Å². The molecule has 0 radical (unpaired) electrons. The Morgan fingerprint density at radius 2 is 1.92 bits per heavy atom. The Hall–Kier alpha value is -1.69. The van der Waals surface area contributed by atoms with Crippen LogP contribution in [0.25, 0.3) is 0 Å². The van der Waals surface area contributed by atoms with Crippen LogP contribution in [0, 0.1) is 0 Å². The van der Waals surface area contributed by atoms with Crippen LogP contribution in [0.15, 0.2) is 12.7 Å². The zero-order valence-corrected chi connectivity index (χ0v) is 6.80. The largest absolute Gasteiger partial charge is 0.480 e. The van der Waals surface area contributed by atoms with Gasteiger partial charge in [-0.05, 0) is 0 Å². The molecule has 0 fully saturated rings. The lowest BCUT2D eigenvalue weighted by Gasteiger charge is -1.90. The van der Waals surface area contributed by atoms with Crippen LogP contribution >= 0.6 is 0 Å². The second kappa shape index (κ2) is 10.3. The Morgan fingerprint density at radius 3 is 2.15 bits per heavy atom. The molecule has 6 heteroatoms. The van der Waals surface area contributed by atoms with Crippen LogP contribution in [0.5, 0.6) is 0 Å². The van der Waals surface area contributed by atoms with Crippen LogP contribution in [-0.4, -0.2) is 41.7 Å². The van der Waals surface area contributed by atoms with E-state index < -0.39 is 18.5 Å². The molecule has 0 saturated carbocycles. The van der Waals surface area contributed by atoms with Crippen molar-refractivity contribution in [3.8, 4) is 0 Å². The second-order valence-electron chi connectivity index (χ2n) is 1.59. The number of aliphatic carboxylic acids is 1. The van der Waals surface area contributed by atoms with Crippen LogP contribution in [0.2, 0.25) is 0 Å². The molecule has 2 N–H and O–H groups in total. The summed E-state index contributed by atoms with van der Waals surface area (Å²) in [6.45, 7) is 2.59. The van der Waals surface area contributed by atoms with Crippen molar-refractivity contribution in [1.29, 1.82) is 0 Å². The van der Waals surface area contributed by atoms with Gasteiger partial charge in [-0.1, -0.05) is 12.7 Å². The van der Waals surface area contributed by atoms with E-state index in [4.69, 9.17) is 15.0 Å². The number of carbonyl (C=O) groups excluding carboxylic acids is 2. The minimum Gasteiger partial charge on any atom is -0.480 e. The first kappa shape index (κ1) is 13.9. The smallest absolute Gasteiger partial charge is 0.371 e. The van der Waals surface area contributed by atoms with E-state index in [9.17, 15) is 9.59 Å². The second-order valence-corrected chi connectivity index (χ2v) is 1.59. The molecule has 74 valence electrons. The topological polar surface area (TPSA) is 101 Å². The van der Waals surface area contributed by atoms with E-state index in [0.29, 0.717) is 0 Å². The number of aliphatic hydroxyl groups excluding tert-OH is 1. The number of aldehydes is 1. The Labute approximate surface area is 74.4 Å². The van der Waals surface area contributed by atoms with E-state index in [2.05, 4.69) is 11.3 Å². The first-order valence-corrected chi connectivity index (χ1v) is 3.14. The van der Waals surface area contributed by atoms with Gasteiger partial charge in [0.05, 0.1) is 0 Å². The summed E-state index contributed by atoms with van der Waals surface area (Å²) in [4.78, 5) is 28.6. The van der Waals surface area contributed by atoms with Gasteiger partial charge in [-0.15, -0.1) is 0 Å². The van der Waals surface area contributed by atoms with Crippen LogP contribution < -0.4 is 0 Å². The molecule has 0 aromatic carbocycles. The van der Waals surface area contributed by atoms with Crippen molar-refractivity contribution in [2.24, 2.45) is 0 Å². The van der Waals surface area contributed by atoms with Crippen molar-refractivity contribution < 1.29 is 29.3 Å². The van der Waals surface area contributed by atoms with E-state index in [1.807, 2.05) is 0 Å². The highest BCUT2D eigenvalue weighted by molar-refractivity contribution is 6.20. The number of hydrogen-bond donors (Lipinski definition) is 2. The molecule has 0 aliphatic rings. The van der Waals surface area contributed by atoms with E-state index in [0.717, 1.165) is 0 Å². The van der Waals surface area contributed by atoms with Gasteiger partial charge in [0.15, 0.2) is 0 Å². The first-order valence-electron chi connectivity index (χ1n) is 3.14. The third kappa shape index (κ3) is 17.9. The highest BCUT2D eigenvalue weighted by Crippen LogP contribution is 1.72. The van der Waals surface area contributed by atoms with Gasteiger partial charge in [-0.25, -0.2) is 9.59 Å². The van der Waals surface area contributed by atoms with Crippen molar-refractivity contribution in [3.63, 3.8) is 0 Å². The lowest BCUT2D eigenvalue weighted by atomic mass is 10.7. The van der Waals surface area contributed by atoms with Gasteiger partial charge in [0.2, 0.25) is 6.29 Å². The van der Waals surface area contributed by atoms with Gasteiger partial charge in [0.25, 0.3) is 0 Å².